The number of carbonyl (C=O) groups excluding carboxylic acids is 1. The second-order valence-corrected chi connectivity index (χ2v) is 6.76. The summed E-state index contributed by atoms with van der Waals surface area (Å²) in [6.07, 6.45) is 1.00. The predicted octanol–water partition coefficient (Wildman–Crippen LogP) is 0.433. The Bertz CT molecular complexity index is 689. The second kappa shape index (κ2) is 6.04. The molecule has 0 radical (unpaired) electrons. The van der Waals surface area contributed by atoms with Crippen LogP contribution in [0.1, 0.15) is 10.4 Å². The first-order valence-electron chi connectivity index (χ1n) is 5.69. The molecular formula is C11H14FN3O5S. The van der Waals surface area contributed by atoms with Gasteiger partial charge in [0.15, 0.2) is 5.82 Å². The molecule has 0 heterocycles. The molecule has 21 heavy (non-hydrogen) atoms. The predicted molar refractivity (Wildman–Crippen MR) is 74.1 cm³/mol. The number of nitrogens with zero attached hydrogens (tertiary/aromatic N) is 2. The summed E-state index contributed by atoms with van der Waals surface area (Å²) in [5.74, 6) is -2.10. The smallest absolute Gasteiger partial charge is 0.285 e. The minimum atomic E-state index is -3.29. The highest BCUT2D eigenvalue weighted by Gasteiger charge is 2.25. The molecule has 0 bridgehead atoms. The summed E-state index contributed by atoms with van der Waals surface area (Å²) in [7, 11) is -2.00. The summed E-state index contributed by atoms with van der Waals surface area (Å²) in [5.41, 5.74) is 3.79. The van der Waals surface area contributed by atoms with Crippen LogP contribution in [0.4, 0.5) is 15.8 Å². The molecule has 0 aromatic heterocycles. The Morgan fingerprint density at radius 2 is 2.05 bits per heavy atom. The van der Waals surface area contributed by atoms with Crippen LogP contribution in [0.25, 0.3) is 0 Å². The van der Waals surface area contributed by atoms with Gasteiger partial charge < -0.3 is 10.6 Å². The van der Waals surface area contributed by atoms with E-state index in [2.05, 4.69) is 0 Å². The van der Waals surface area contributed by atoms with E-state index < -0.39 is 43.4 Å². The van der Waals surface area contributed by atoms with Gasteiger partial charge >= 0.3 is 0 Å². The van der Waals surface area contributed by atoms with E-state index in [0.717, 1.165) is 17.2 Å². The summed E-state index contributed by atoms with van der Waals surface area (Å²) < 4.78 is 35.4. The van der Waals surface area contributed by atoms with Crippen LogP contribution in [0, 0.1) is 15.9 Å². The van der Waals surface area contributed by atoms with Gasteiger partial charge in [-0.3, -0.25) is 14.9 Å². The van der Waals surface area contributed by atoms with Crippen LogP contribution in [-0.4, -0.2) is 49.7 Å². The maximum absolute atomic E-state index is 13.3. The van der Waals surface area contributed by atoms with Crippen molar-refractivity contribution in [3.05, 3.63) is 33.6 Å². The standard InChI is InChI=1S/C11H14FN3O5S/c1-14(3-4-21(2,19)20)11(16)7-5-9(13)8(12)6-10(7)15(17)18/h5-6H,3-4,13H2,1-2H3. The van der Waals surface area contributed by atoms with Crippen LogP contribution in [0.3, 0.4) is 0 Å². The Balaban J connectivity index is 3.12. The maximum Gasteiger partial charge on any atom is 0.285 e. The van der Waals surface area contributed by atoms with Crippen LogP contribution >= 0.6 is 0 Å². The molecule has 10 heteroatoms. The van der Waals surface area contributed by atoms with E-state index in [0.29, 0.717) is 6.07 Å². The van der Waals surface area contributed by atoms with Gasteiger partial charge in [-0.15, -0.1) is 0 Å². The van der Waals surface area contributed by atoms with Gasteiger partial charge in [-0.1, -0.05) is 0 Å². The number of anilines is 1. The van der Waals surface area contributed by atoms with Gasteiger partial charge in [-0.2, -0.15) is 0 Å². The highest BCUT2D eigenvalue weighted by molar-refractivity contribution is 7.90. The van der Waals surface area contributed by atoms with E-state index in [1.54, 1.807) is 0 Å². The van der Waals surface area contributed by atoms with Crippen molar-refractivity contribution in [1.29, 1.82) is 0 Å². The van der Waals surface area contributed by atoms with Crippen LogP contribution < -0.4 is 5.73 Å². The van der Waals surface area contributed by atoms with Crippen molar-refractivity contribution in [1.82, 2.24) is 4.90 Å². The lowest BCUT2D eigenvalue weighted by atomic mass is 10.1. The van der Waals surface area contributed by atoms with Crippen molar-refractivity contribution in [2.45, 2.75) is 0 Å². The van der Waals surface area contributed by atoms with Crippen molar-refractivity contribution in [3.8, 4) is 0 Å². The van der Waals surface area contributed by atoms with Crippen molar-refractivity contribution in [3.63, 3.8) is 0 Å². The first kappa shape index (κ1) is 16.8. The van der Waals surface area contributed by atoms with E-state index in [-0.39, 0.29) is 12.3 Å². The number of nitrogen functional groups attached to an aromatic ring is 1. The van der Waals surface area contributed by atoms with E-state index >= 15 is 0 Å². The lowest BCUT2D eigenvalue weighted by Gasteiger charge is -2.17. The summed E-state index contributed by atoms with van der Waals surface area (Å²) in [5, 5.41) is 10.9. The first-order chi connectivity index (χ1) is 9.53. The third-order valence-electron chi connectivity index (χ3n) is 2.69. The molecule has 0 aliphatic rings. The van der Waals surface area contributed by atoms with Gasteiger partial charge in [0.05, 0.1) is 22.4 Å². The largest absolute Gasteiger partial charge is 0.396 e. The summed E-state index contributed by atoms with van der Waals surface area (Å²) in [6.45, 7) is -0.147. The molecule has 116 valence electrons. The third kappa shape index (κ3) is 4.38. The number of amides is 1. The number of nitro groups is 1. The molecule has 1 amide bonds. The minimum Gasteiger partial charge on any atom is -0.396 e. The average Bonchev–Trinajstić information content (AvgIpc) is 2.36. The van der Waals surface area contributed by atoms with Crippen molar-refractivity contribution in [2.75, 3.05) is 31.3 Å². The maximum atomic E-state index is 13.3. The fourth-order valence-corrected chi connectivity index (χ4v) is 2.12. The van der Waals surface area contributed by atoms with Gasteiger partial charge in [0.2, 0.25) is 0 Å². The van der Waals surface area contributed by atoms with Gasteiger partial charge in [0.1, 0.15) is 15.4 Å². The average molecular weight is 319 g/mol. The normalized spacial score (nSPS) is 11.2. The summed E-state index contributed by atoms with van der Waals surface area (Å²) in [6, 6.07) is 1.43. The molecule has 1 aromatic rings. The monoisotopic (exact) mass is 319 g/mol. The molecule has 0 aliphatic carbocycles. The third-order valence-corrected chi connectivity index (χ3v) is 3.61. The highest BCUT2D eigenvalue weighted by atomic mass is 32.2. The van der Waals surface area contributed by atoms with Crippen LogP contribution in [0.2, 0.25) is 0 Å². The number of benzene rings is 1. The molecule has 0 aliphatic heterocycles. The van der Waals surface area contributed by atoms with Crippen molar-refractivity contribution >= 4 is 27.1 Å². The number of hydrogen-bond donors (Lipinski definition) is 1. The second-order valence-electron chi connectivity index (χ2n) is 4.50. The first-order valence-corrected chi connectivity index (χ1v) is 7.75. The molecule has 0 saturated heterocycles. The Labute approximate surface area is 120 Å². The van der Waals surface area contributed by atoms with Gasteiger partial charge in [0.25, 0.3) is 11.6 Å². The number of halogens is 1. The van der Waals surface area contributed by atoms with Crippen molar-refractivity contribution in [2.24, 2.45) is 0 Å². The van der Waals surface area contributed by atoms with E-state index in [1.165, 1.54) is 7.05 Å². The number of nitrogens with two attached hydrogens (primary N) is 1. The molecule has 0 atom stereocenters. The summed E-state index contributed by atoms with van der Waals surface area (Å²) in [4.78, 5) is 23.1. The van der Waals surface area contributed by atoms with E-state index in [4.69, 9.17) is 5.73 Å². The highest BCUT2D eigenvalue weighted by Crippen LogP contribution is 2.25. The molecular weight excluding hydrogens is 305 g/mol. The van der Waals surface area contributed by atoms with E-state index in [9.17, 15) is 27.7 Å². The van der Waals surface area contributed by atoms with E-state index in [1.807, 2.05) is 0 Å². The number of rotatable bonds is 5. The molecule has 0 unspecified atom stereocenters. The van der Waals surface area contributed by atoms with Crippen LogP contribution in [-0.2, 0) is 9.84 Å². The lowest BCUT2D eigenvalue weighted by Crippen LogP contribution is -2.32. The molecule has 2 N–H and O–H groups in total. The molecule has 0 spiro atoms. The fourth-order valence-electron chi connectivity index (χ4n) is 1.51. The zero-order valence-electron chi connectivity index (χ0n) is 11.4. The Morgan fingerprint density at radius 3 is 2.52 bits per heavy atom. The number of hydrogen-bond acceptors (Lipinski definition) is 6. The van der Waals surface area contributed by atoms with Gasteiger partial charge in [-0.05, 0) is 6.07 Å². The van der Waals surface area contributed by atoms with Gasteiger partial charge in [-0.25, -0.2) is 12.8 Å². The molecule has 8 nitrogen and oxygen atoms in total. The summed E-state index contributed by atoms with van der Waals surface area (Å²) >= 11 is 0. The molecule has 1 rings (SSSR count). The molecule has 0 fully saturated rings. The quantitative estimate of drug-likeness (QED) is 0.477. The van der Waals surface area contributed by atoms with Gasteiger partial charge in [0, 0.05) is 19.8 Å². The Morgan fingerprint density at radius 1 is 1.48 bits per heavy atom. The Kier molecular flexibility index (Phi) is 4.84. The Hall–Kier alpha value is -2.23. The molecule has 1 aromatic carbocycles. The number of carbonyl (C=O) groups is 1. The number of nitro benzene ring substituents is 1. The zero-order chi connectivity index (χ0) is 16.4. The fraction of sp³-hybridized carbons (Fsp3) is 0.364. The lowest BCUT2D eigenvalue weighted by molar-refractivity contribution is -0.385. The van der Waals surface area contributed by atoms with Crippen LogP contribution in [0.5, 0.6) is 0 Å². The topological polar surface area (TPSA) is 124 Å². The SMILES string of the molecule is CN(CCS(C)(=O)=O)C(=O)c1cc(N)c(F)cc1[N+](=O)[O-]. The number of sulfone groups is 1. The molecule has 0 saturated carbocycles. The minimum absolute atomic E-state index is 0.147. The van der Waals surface area contributed by atoms with Crippen LogP contribution in [0.15, 0.2) is 12.1 Å². The zero-order valence-corrected chi connectivity index (χ0v) is 12.2. The van der Waals surface area contributed by atoms with Crippen molar-refractivity contribution < 1.29 is 22.5 Å².